The molecule has 0 radical (unpaired) electrons. The molecule has 0 N–H and O–H groups in total. The highest BCUT2D eigenvalue weighted by Crippen LogP contribution is 2.21. The van der Waals surface area contributed by atoms with Gasteiger partial charge in [-0.1, -0.05) is 22.0 Å². The van der Waals surface area contributed by atoms with Crippen LogP contribution in [0.2, 0.25) is 0 Å². The summed E-state index contributed by atoms with van der Waals surface area (Å²) in [5.41, 5.74) is 1.16. The lowest BCUT2D eigenvalue weighted by atomic mass is 10.1. The van der Waals surface area contributed by atoms with Crippen LogP contribution in [0.25, 0.3) is 0 Å². The molecule has 2 rings (SSSR count). The Labute approximate surface area is 112 Å². The standard InChI is InChI=1S/C12H14Br2FN/c13-10-2-1-5-16(8-10)7-9-3-4-12(15)11(14)6-9/h3-4,6,10H,1-2,5,7-8H2. The van der Waals surface area contributed by atoms with Crippen molar-refractivity contribution in [3.63, 3.8) is 0 Å². The van der Waals surface area contributed by atoms with E-state index < -0.39 is 0 Å². The van der Waals surface area contributed by atoms with Gasteiger partial charge in [-0.05, 0) is 53.0 Å². The van der Waals surface area contributed by atoms with Crippen LogP contribution in [0.15, 0.2) is 22.7 Å². The summed E-state index contributed by atoms with van der Waals surface area (Å²) in [5, 5.41) is 0. The first-order valence-electron chi connectivity index (χ1n) is 5.45. The second-order valence-corrected chi connectivity index (χ2v) is 6.37. The Balaban J connectivity index is 2.00. The van der Waals surface area contributed by atoms with Crippen molar-refractivity contribution in [2.75, 3.05) is 13.1 Å². The van der Waals surface area contributed by atoms with E-state index in [9.17, 15) is 4.39 Å². The lowest BCUT2D eigenvalue weighted by Gasteiger charge is -2.29. The molecule has 1 unspecified atom stereocenters. The summed E-state index contributed by atoms with van der Waals surface area (Å²) in [4.78, 5) is 3.01. The van der Waals surface area contributed by atoms with Crippen LogP contribution in [0.4, 0.5) is 4.39 Å². The van der Waals surface area contributed by atoms with Crippen molar-refractivity contribution in [3.8, 4) is 0 Å². The largest absolute Gasteiger partial charge is 0.298 e. The lowest BCUT2D eigenvalue weighted by Crippen LogP contribution is -2.35. The second-order valence-electron chi connectivity index (χ2n) is 4.22. The Hall–Kier alpha value is 0.0700. The quantitative estimate of drug-likeness (QED) is 0.730. The molecule has 1 aliphatic heterocycles. The zero-order valence-electron chi connectivity index (χ0n) is 8.93. The SMILES string of the molecule is Fc1ccc(CN2CCCC(Br)C2)cc1Br. The van der Waals surface area contributed by atoms with E-state index in [4.69, 9.17) is 0 Å². The number of benzene rings is 1. The number of likely N-dealkylation sites (tertiary alicyclic amines) is 1. The minimum atomic E-state index is -0.194. The van der Waals surface area contributed by atoms with Gasteiger partial charge in [0.1, 0.15) is 5.82 Å². The van der Waals surface area contributed by atoms with Gasteiger partial charge in [-0.15, -0.1) is 0 Å². The van der Waals surface area contributed by atoms with Crippen LogP contribution >= 0.6 is 31.9 Å². The number of piperidine rings is 1. The topological polar surface area (TPSA) is 3.24 Å². The summed E-state index contributed by atoms with van der Waals surface area (Å²) in [5.74, 6) is -0.194. The van der Waals surface area contributed by atoms with Gasteiger partial charge in [0.2, 0.25) is 0 Å². The molecule has 0 amide bonds. The summed E-state index contributed by atoms with van der Waals surface area (Å²) in [6, 6.07) is 5.25. The molecule has 1 aromatic carbocycles. The normalized spacial score (nSPS) is 22.3. The number of rotatable bonds is 2. The summed E-state index contributed by atoms with van der Waals surface area (Å²) >= 11 is 6.88. The Morgan fingerprint density at radius 1 is 1.44 bits per heavy atom. The lowest BCUT2D eigenvalue weighted by molar-refractivity contribution is 0.227. The van der Waals surface area contributed by atoms with Crippen molar-refractivity contribution in [1.29, 1.82) is 0 Å². The zero-order chi connectivity index (χ0) is 11.5. The minimum Gasteiger partial charge on any atom is -0.298 e. The number of halogens is 3. The van der Waals surface area contributed by atoms with Crippen LogP contribution in [0, 0.1) is 5.82 Å². The summed E-state index contributed by atoms with van der Waals surface area (Å²) in [6.45, 7) is 3.12. The molecule has 1 aliphatic rings. The van der Waals surface area contributed by atoms with E-state index in [0.29, 0.717) is 9.30 Å². The highest BCUT2D eigenvalue weighted by atomic mass is 79.9. The van der Waals surface area contributed by atoms with Gasteiger partial charge >= 0.3 is 0 Å². The highest BCUT2D eigenvalue weighted by molar-refractivity contribution is 9.10. The van der Waals surface area contributed by atoms with Crippen molar-refractivity contribution in [3.05, 3.63) is 34.1 Å². The Morgan fingerprint density at radius 3 is 2.94 bits per heavy atom. The van der Waals surface area contributed by atoms with Crippen molar-refractivity contribution in [1.82, 2.24) is 4.90 Å². The van der Waals surface area contributed by atoms with Gasteiger partial charge in [-0.25, -0.2) is 4.39 Å². The fraction of sp³-hybridized carbons (Fsp3) is 0.500. The first kappa shape index (κ1) is 12.5. The van der Waals surface area contributed by atoms with E-state index >= 15 is 0 Å². The van der Waals surface area contributed by atoms with Crippen LogP contribution in [0.1, 0.15) is 18.4 Å². The molecule has 0 aromatic heterocycles. The van der Waals surface area contributed by atoms with Crippen molar-refractivity contribution >= 4 is 31.9 Å². The Bertz CT molecular complexity index is 370. The monoisotopic (exact) mass is 349 g/mol. The smallest absolute Gasteiger partial charge is 0.137 e. The van der Waals surface area contributed by atoms with Crippen molar-refractivity contribution in [2.45, 2.75) is 24.2 Å². The van der Waals surface area contributed by atoms with E-state index in [1.165, 1.54) is 18.9 Å². The fourth-order valence-electron chi connectivity index (χ4n) is 2.04. The maximum absolute atomic E-state index is 13.1. The molecule has 1 atom stereocenters. The molecule has 0 bridgehead atoms. The summed E-state index contributed by atoms with van der Waals surface area (Å²) in [6.07, 6.45) is 2.49. The van der Waals surface area contributed by atoms with Gasteiger partial charge in [-0.2, -0.15) is 0 Å². The van der Waals surface area contributed by atoms with Crippen LogP contribution in [-0.4, -0.2) is 22.8 Å². The average Bonchev–Trinajstić information content (AvgIpc) is 2.24. The van der Waals surface area contributed by atoms with Gasteiger partial charge in [-0.3, -0.25) is 4.90 Å². The van der Waals surface area contributed by atoms with Gasteiger partial charge < -0.3 is 0 Å². The predicted octanol–water partition coefficient (Wildman–Crippen LogP) is 3.95. The molecule has 4 heteroatoms. The van der Waals surface area contributed by atoms with Crippen LogP contribution < -0.4 is 0 Å². The molecule has 1 saturated heterocycles. The molecular formula is C12H14Br2FN. The van der Waals surface area contributed by atoms with Crippen LogP contribution in [0.5, 0.6) is 0 Å². The van der Waals surface area contributed by atoms with Gasteiger partial charge in [0.25, 0.3) is 0 Å². The third-order valence-electron chi connectivity index (χ3n) is 2.84. The minimum absolute atomic E-state index is 0.194. The van der Waals surface area contributed by atoms with E-state index in [1.807, 2.05) is 12.1 Å². The van der Waals surface area contributed by atoms with E-state index in [1.54, 1.807) is 0 Å². The van der Waals surface area contributed by atoms with Crippen LogP contribution in [-0.2, 0) is 6.54 Å². The molecule has 1 nitrogen and oxygen atoms in total. The summed E-state index contributed by atoms with van der Waals surface area (Å²) < 4.78 is 13.6. The zero-order valence-corrected chi connectivity index (χ0v) is 12.1. The predicted molar refractivity (Wildman–Crippen MR) is 71.3 cm³/mol. The molecule has 1 heterocycles. The average molecular weight is 351 g/mol. The van der Waals surface area contributed by atoms with Gasteiger partial charge in [0.05, 0.1) is 4.47 Å². The van der Waals surface area contributed by atoms with E-state index in [-0.39, 0.29) is 5.82 Å². The number of hydrogen-bond acceptors (Lipinski definition) is 1. The van der Waals surface area contributed by atoms with Gasteiger partial charge in [0.15, 0.2) is 0 Å². The highest BCUT2D eigenvalue weighted by Gasteiger charge is 2.17. The number of nitrogens with zero attached hydrogens (tertiary/aromatic N) is 1. The first-order valence-corrected chi connectivity index (χ1v) is 7.16. The Kier molecular flexibility index (Phi) is 4.39. The second kappa shape index (κ2) is 5.61. The molecule has 0 saturated carbocycles. The molecule has 1 fully saturated rings. The molecular weight excluding hydrogens is 337 g/mol. The fourth-order valence-corrected chi connectivity index (χ4v) is 3.20. The first-order chi connectivity index (χ1) is 7.65. The third kappa shape index (κ3) is 3.28. The van der Waals surface area contributed by atoms with Crippen molar-refractivity contribution < 1.29 is 4.39 Å². The van der Waals surface area contributed by atoms with Crippen LogP contribution in [0.3, 0.4) is 0 Å². The third-order valence-corrected chi connectivity index (χ3v) is 4.19. The molecule has 1 aromatic rings. The maximum atomic E-state index is 13.1. The van der Waals surface area contributed by atoms with E-state index in [0.717, 1.165) is 25.2 Å². The van der Waals surface area contributed by atoms with Crippen molar-refractivity contribution in [2.24, 2.45) is 0 Å². The van der Waals surface area contributed by atoms with Gasteiger partial charge in [0, 0.05) is 17.9 Å². The number of hydrogen-bond donors (Lipinski definition) is 0. The maximum Gasteiger partial charge on any atom is 0.137 e. The molecule has 16 heavy (non-hydrogen) atoms. The molecule has 0 aliphatic carbocycles. The van der Waals surface area contributed by atoms with E-state index in [2.05, 4.69) is 36.8 Å². The number of alkyl halides is 1. The Morgan fingerprint density at radius 2 is 2.25 bits per heavy atom. The molecule has 0 spiro atoms. The summed E-state index contributed by atoms with van der Waals surface area (Å²) in [7, 11) is 0. The molecule has 88 valence electrons.